The standard InChI is InChI=1S/C19H29BO6/c1-13(2)24-17(22)15-9-7-8-10-16(15)23-12-14(21)11-20-25-18(3,4)19(5,6)26-20/h7-10,13-14,21H,11-12H2,1-6H3. The zero-order valence-corrected chi connectivity index (χ0v) is 16.4. The summed E-state index contributed by atoms with van der Waals surface area (Å²) in [6.45, 7) is 11.5. The molecule has 1 aliphatic heterocycles. The molecule has 0 aliphatic carbocycles. The molecule has 0 spiro atoms. The number of aliphatic hydroxyl groups is 1. The van der Waals surface area contributed by atoms with Gasteiger partial charge in [-0.05, 0) is 53.7 Å². The molecule has 1 heterocycles. The molecule has 2 rings (SSSR count). The second-order valence-corrected chi connectivity index (χ2v) is 7.84. The molecule has 1 N–H and O–H groups in total. The van der Waals surface area contributed by atoms with E-state index in [-0.39, 0.29) is 19.0 Å². The van der Waals surface area contributed by atoms with Crippen molar-refractivity contribution in [3.05, 3.63) is 29.8 Å². The van der Waals surface area contributed by atoms with Gasteiger partial charge in [-0.1, -0.05) is 12.1 Å². The van der Waals surface area contributed by atoms with E-state index in [0.717, 1.165) is 0 Å². The van der Waals surface area contributed by atoms with Crippen LogP contribution >= 0.6 is 0 Å². The molecule has 1 saturated heterocycles. The first kappa shape index (κ1) is 20.7. The quantitative estimate of drug-likeness (QED) is 0.592. The molecule has 144 valence electrons. The van der Waals surface area contributed by atoms with Gasteiger partial charge in [0.15, 0.2) is 0 Å². The van der Waals surface area contributed by atoms with Crippen molar-refractivity contribution in [1.29, 1.82) is 0 Å². The van der Waals surface area contributed by atoms with Gasteiger partial charge in [-0.3, -0.25) is 0 Å². The largest absolute Gasteiger partial charge is 0.490 e. The van der Waals surface area contributed by atoms with E-state index in [2.05, 4.69) is 0 Å². The van der Waals surface area contributed by atoms with Crippen LogP contribution in [0.15, 0.2) is 24.3 Å². The Bertz CT molecular complexity index is 612. The SMILES string of the molecule is CC(C)OC(=O)c1ccccc1OCC(O)CB1OC(C)(C)C(C)(C)O1. The summed E-state index contributed by atoms with van der Waals surface area (Å²) < 4.78 is 22.6. The highest BCUT2D eigenvalue weighted by Crippen LogP contribution is 2.38. The van der Waals surface area contributed by atoms with Crippen LogP contribution in [0.1, 0.15) is 51.9 Å². The summed E-state index contributed by atoms with van der Waals surface area (Å²) in [5, 5.41) is 10.3. The predicted molar refractivity (Wildman–Crippen MR) is 99.4 cm³/mol. The summed E-state index contributed by atoms with van der Waals surface area (Å²) in [5.74, 6) is -0.0674. The fourth-order valence-corrected chi connectivity index (χ4v) is 2.58. The fourth-order valence-electron chi connectivity index (χ4n) is 2.58. The van der Waals surface area contributed by atoms with Crippen molar-refractivity contribution >= 4 is 13.1 Å². The number of aliphatic hydroxyl groups excluding tert-OH is 1. The molecular weight excluding hydrogens is 335 g/mol. The van der Waals surface area contributed by atoms with Crippen molar-refractivity contribution in [2.45, 2.75) is 71.3 Å². The van der Waals surface area contributed by atoms with E-state index in [4.69, 9.17) is 18.8 Å². The predicted octanol–water partition coefficient (Wildman–Crippen LogP) is 3.08. The number of ether oxygens (including phenoxy) is 2. The summed E-state index contributed by atoms with van der Waals surface area (Å²) in [6.07, 6.45) is -0.728. The lowest BCUT2D eigenvalue weighted by molar-refractivity contribution is 0.00578. The third-order valence-corrected chi connectivity index (χ3v) is 4.65. The molecule has 7 heteroatoms. The van der Waals surface area contributed by atoms with E-state index in [1.807, 2.05) is 27.7 Å². The zero-order chi connectivity index (χ0) is 19.5. The molecule has 1 aromatic carbocycles. The minimum absolute atomic E-state index is 0.0239. The Morgan fingerprint density at radius 3 is 2.31 bits per heavy atom. The van der Waals surface area contributed by atoms with Crippen LogP contribution in [0.2, 0.25) is 6.32 Å². The minimum Gasteiger partial charge on any atom is -0.490 e. The topological polar surface area (TPSA) is 74.2 Å². The van der Waals surface area contributed by atoms with Crippen LogP contribution in [0, 0.1) is 0 Å². The zero-order valence-electron chi connectivity index (χ0n) is 16.4. The van der Waals surface area contributed by atoms with Gasteiger partial charge in [0.25, 0.3) is 0 Å². The fraction of sp³-hybridized carbons (Fsp3) is 0.632. The number of carbonyl (C=O) groups is 1. The minimum atomic E-state index is -0.793. The first-order valence-electron chi connectivity index (χ1n) is 8.98. The van der Waals surface area contributed by atoms with Crippen LogP contribution in [0.5, 0.6) is 5.75 Å². The third kappa shape index (κ3) is 4.99. The van der Waals surface area contributed by atoms with Crippen molar-refractivity contribution in [2.24, 2.45) is 0 Å². The van der Waals surface area contributed by atoms with Gasteiger partial charge in [-0.2, -0.15) is 0 Å². The first-order valence-corrected chi connectivity index (χ1v) is 8.98. The number of benzene rings is 1. The lowest BCUT2D eigenvalue weighted by atomic mass is 9.82. The Balaban J connectivity index is 1.92. The van der Waals surface area contributed by atoms with E-state index in [1.165, 1.54) is 0 Å². The second kappa shape index (κ2) is 7.98. The number of para-hydroxylation sites is 1. The van der Waals surface area contributed by atoms with Crippen LogP contribution in [-0.4, -0.2) is 48.2 Å². The first-order chi connectivity index (χ1) is 12.0. The lowest BCUT2D eigenvalue weighted by Crippen LogP contribution is -2.41. The smallest absolute Gasteiger partial charge is 0.460 e. The number of rotatable bonds is 7. The van der Waals surface area contributed by atoms with Crippen LogP contribution in [-0.2, 0) is 14.0 Å². The molecule has 1 unspecified atom stereocenters. The molecule has 6 nitrogen and oxygen atoms in total. The average molecular weight is 364 g/mol. The maximum absolute atomic E-state index is 12.1. The van der Waals surface area contributed by atoms with Gasteiger partial charge in [0, 0.05) is 6.32 Å². The Morgan fingerprint density at radius 2 is 1.73 bits per heavy atom. The molecule has 0 saturated carbocycles. The van der Waals surface area contributed by atoms with Crippen molar-refractivity contribution in [3.63, 3.8) is 0 Å². The molecule has 0 amide bonds. The summed E-state index contributed by atoms with van der Waals surface area (Å²) >= 11 is 0. The number of esters is 1. The number of hydrogen-bond donors (Lipinski definition) is 1. The Labute approximate surface area is 155 Å². The van der Waals surface area contributed by atoms with Gasteiger partial charge in [0.1, 0.15) is 17.9 Å². The van der Waals surface area contributed by atoms with Crippen molar-refractivity contribution < 1.29 is 28.7 Å². The molecular formula is C19H29BO6. The van der Waals surface area contributed by atoms with E-state index < -0.39 is 30.4 Å². The molecule has 0 bridgehead atoms. The summed E-state index contributed by atoms with van der Waals surface area (Å²) in [6, 6.07) is 6.83. The number of carbonyl (C=O) groups excluding carboxylic acids is 1. The number of hydrogen-bond acceptors (Lipinski definition) is 6. The van der Waals surface area contributed by atoms with Gasteiger partial charge < -0.3 is 23.9 Å². The normalized spacial score (nSPS) is 19.5. The van der Waals surface area contributed by atoms with Crippen LogP contribution in [0.4, 0.5) is 0 Å². The highest BCUT2D eigenvalue weighted by atomic mass is 16.7. The average Bonchev–Trinajstić information content (AvgIpc) is 2.71. The van der Waals surface area contributed by atoms with Crippen molar-refractivity contribution in [2.75, 3.05) is 6.61 Å². The van der Waals surface area contributed by atoms with Gasteiger partial charge >= 0.3 is 13.1 Å². The third-order valence-electron chi connectivity index (χ3n) is 4.65. The molecule has 0 aromatic heterocycles. The summed E-state index contributed by atoms with van der Waals surface area (Å²) in [7, 11) is -0.500. The molecule has 1 aliphatic rings. The van der Waals surface area contributed by atoms with Crippen LogP contribution < -0.4 is 4.74 Å². The van der Waals surface area contributed by atoms with Crippen molar-refractivity contribution in [3.8, 4) is 5.75 Å². The summed E-state index contributed by atoms with van der Waals surface area (Å²) in [5.41, 5.74) is -0.541. The molecule has 26 heavy (non-hydrogen) atoms. The Hall–Kier alpha value is -1.57. The van der Waals surface area contributed by atoms with E-state index in [0.29, 0.717) is 11.3 Å². The molecule has 1 aromatic rings. The second-order valence-electron chi connectivity index (χ2n) is 7.84. The van der Waals surface area contributed by atoms with E-state index in [1.54, 1.807) is 38.1 Å². The van der Waals surface area contributed by atoms with Crippen LogP contribution in [0.25, 0.3) is 0 Å². The monoisotopic (exact) mass is 364 g/mol. The van der Waals surface area contributed by atoms with Crippen molar-refractivity contribution in [1.82, 2.24) is 0 Å². The molecule has 1 atom stereocenters. The highest BCUT2D eigenvalue weighted by molar-refractivity contribution is 6.45. The summed E-state index contributed by atoms with van der Waals surface area (Å²) in [4.78, 5) is 12.1. The molecule has 0 radical (unpaired) electrons. The van der Waals surface area contributed by atoms with Gasteiger partial charge in [-0.25, -0.2) is 4.79 Å². The van der Waals surface area contributed by atoms with Gasteiger partial charge in [-0.15, -0.1) is 0 Å². The maximum Gasteiger partial charge on any atom is 0.460 e. The molecule has 1 fully saturated rings. The Kier molecular flexibility index (Phi) is 6.37. The highest BCUT2D eigenvalue weighted by Gasteiger charge is 2.51. The van der Waals surface area contributed by atoms with E-state index in [9.17, 15) is 9.90 Å². The maximum atomic E-state index is 12.1. The van der Waals surface area contributed by atoms with Gasteiger partial charge in [0.05, 0.1) is 23.4 Å². The van der Waals surface area contributed by atoms with Gasteiger partial charge in [0.2, 0.25) is 0 Å². The Morgan fingerprint density at radius 1 is 1.15 bits per heavy atom. The lowest BCUT2D eigenvalue weighted by Gasteiger charge is -2.32. The van der Waals surface area contributed by atoms with E-state index >= 15 is 0 Å². The van der Waals surface area contributed by atoms with Crippen LogP contribution in [0.3, 0.4) is 0 Å².